The summed E-state index contributed by atoms with van der Waals surface area (Å²) in [7, 11) is 1.31. The molecule has 0 aromatic heterocycles. The first-order valence-corrected chi connectivity index (χ1v) is 3.63. The van der Waals surface area contributed by atoms with Gasteiger partial charge in [0, 0.05) is 7.11 Å². The molecule has 0 amide bonds. The van der Waals surface area contributed by atoms with Crippen LogP contribution in [0, 0.1) is 0 Å². The number of carbonyl (C=O) groups is 1. The summed E-state index contributed by atoms with van der Waals surface area (Å²) in [5.74, 6) is -1.33. The third kappa shape index (κ3) is 1.64. The van der Waals surface area contributed by atoms with Crippen molar-refractivity contribution in [3.05, 3.63) is 11.5 Å². The number of aliphatic hydroxyl groups excluding tert-OH is 2. The van der Waals surface area contributed by atoms with Crippen molar-refractivity contribution < 1.29 is 24.5 Å². The number of hydrogen-bond donors (Lipinski definition) is 3. The predicted molar refractivity (Wildman–Crippen MR) is 41.6 cm³/mol. The molecule has 13 heavy (non-hydrogen) atoms. The minimum Gasteiger partial charge on any atom is -0.503 e. The normalized spacial score (nSPS) is 29.5. The standard InChI is InChI=1S/C7H11NO5/c1-12-7-4(8)6(11)5(10)3(2-9)13-7/h3,7,9,11H,2,8H2,1H3/t3-,7-/m1/s1. The van der Waals surface area contributed by atoms with Crippen LogP contribution in [-0.2, 0) is 14.3 Å². The van der Waals surface area contributed by atoms with Gasteiger partial charge >= 0.3 is 0 Å². The van der Waals surface area contributed by atoms with Gasteiger partial charge in [-0.2, -0.15) is 0 Å². The first-order valence-electron chi connectivity index (χ1n) is 3.63. The van der Waals surface area contributed by atoms with Crippen LogP contribution in [-0.4, -0.2) is 42.1 Å². The number of rotatable bonds is 2. The lowest BCUT2D eigenvalue weighted by atomic mass is 10.1. The Bertz CT molecular complexity index is 249. The SMILES string of the molecule is CO[C@@H]1O[C@H](CO)C(=O)C(O)=C1N. The van der Waals surface area contributed by atoms with E-state index in [0.29, 0.717) is 0 Å². The molecule has 2 atom stereocenters. The van der Waals surface area contributed by atoms with Gasteiger partial charge in [0.25, 0.3) is 0 Å². The Labute approximate surface area is 74.6 Å². The van der Waals surface area contributed by atoms with Crippen LogP contribution in [0.25, 0.3) is 0 Å². The first kappa shape index (κ1) is 9.97. The van der Waals surface area contributed by atoms with Gasteiger partial charge in [-0.25, -0.2) is 0 Å². The number of nitrogens with two attached hydrogens (primary N) is 1. The third-order valence-electron chi connectivity index (χ3n) is 1.72. The molecule has 0 aromatic carbocycles. The molecule has 1 heterocycles. The molecule has 0 spiro atoms. The molecule has 6 nitrogen and oxygen atoms in total. The Morgan fingerprint density at radius 3 is 2.77 bits per heavy atom. The Balaban J connectivity index is 2.93. The monoisotopic (exact) mass is 189 g/mol. The van der Waals surface area contributed by atoms with Crippen LogP contribution in [0.4, 0.5) is 0 Å². The minimum atomic E-state index is -1.10. The number of methoxy groups -OCH3 is 1. The highest BCUT2D eigenvalue weighted by molar-refractivity contribution is 5.98. The van der Waals surface area contributed by atoms with Gasteiger partial charge in [0.05, 0.1) is 6.61 Å². The molecular formula is C7H11NO5. The van der Waals surface area contributed by atoms with Crippen molar-refractivity contribution in [2.24, 2.45) is 5.73 Å². The zero-order chi connectivity index (χ0) is 10.0. The lowest BCUT2D eigenvalue weighted by molar-refractivity contribution is -0.170. The van der Waals surface area contributed by atoms with E-state index in [-0.39, 0.29) is 5.70 Å². The molecule has 74 valence electrons. The molecule has 4 N–H and O–H groups in total. The van der Waals surface area contributed by atoms with E-state index in [0.717, 1.165) is 0 Å². The molecular weight excluding hydrogens is 178 g/mol. The van der Waals surface area contributed by atoms with Crippen LogP contribution in [0.1, 0.15) is 0 Å². The van der Waals surface area contributed by atoms with Crippen LogP contribution in [0.2, 0.25) is 0 Å². The molecule has 0 saturated heterocycles. The van der Waals surface area contributed by atoms with Crippen LogP contribution < -0.4 is 5.73 Å². The highest BCUT2D eigenvalue weighted by atomic mass is 16.7. The first-order chi connectivity index (χ1) is 6.11. The second-order valence-electron chi connectivity index (χ2n) is 2.54. The largest absolute Gasteiger partial charge is 0.503 e. The van der Waals surface area contributed by atoms with Crippen molar-refractivity contribution in [1.29, 1.82) is 0 Å². The summed E-state index contributed by atoms with van der Waals surface area (Å²) in [6.07, 6.45) is -2.08. The summed E-state index contributed by atoms with van der Waals surface area (Å²) < 4.78 is 9.64. The fraction of sp³-hybridized carbons (Fsp3) is 0.571. The molecule has 1 aliphatic rings. The molecule has 0 radical (unpaired) electrons. The summed E-state index contributed by atoms with van der Waals surface area (Å²) in [6, 6.07) is 0. The molecule has 6 heteroatoms. The maximum Gasteiger partial charge on any atom is 0.230 e. The molecule has 0 unspecified atom stereocenters. The number of hydrogen-bond acceptors (Lipinski definition) is 6. The van der Waals surface area contributed by atoms with Gasteiger partial charge in [-0.3, -0.25) is 4.79 Å². The van der Waals surface area contributed by atoms with Gasteiger partial charge in [0.1, 0.15) is 5.70 Å². The zero-order valence-electron chi connectivity index (χ0n) is 7.06. The van der Waals surface area contributed by atoms with Crippen LogP contribution in [0.15, 0.2) is 11.5 Å². The Morgan fingerprint density at radius 2 is 2.31 bits per heavy atom. The summed E-state index contributed by atoms with van der Waals surface area (Å²) in [6.45, 7) is -0.518. The van der Waals surface area contributed by atoms with Gasteiger partial charge < -0.3 is 25.4 Å². The molecule has 1 aliphatic heterocycles. The van der Waals surface area contributed by atoms with Crippen molar-refractivity contribution in [2.75, 3.05) is 13.7 Å². The topological polar surface area (TPSA) is 102 Å². The number of Topliss-reactive ketones (excluding diaryl/α,β-unsaturated/α-hetero) is 1. The molecule has 0 saturated carbocycles. The predicted octanol–water partition coefficient (Wildman–Crippen LogP) is -1.35. The maximum atomic E-state index is 11.1. The zero-order valence-corrected chi connectivity index (χ0v) is 7.06. The fourth-order valence-corrected chi connectivity index (χ4v) is 0.999. The maximum absolute atomic E-state index is 11.1. The number of carbonyl (C=O) groups excluding carboxylic acids is 1. The third-order valence-corrected chi connectivity index (χ3v) is 1.72. The van der Waals surface area contributed by atoms with Gasteiger partial charge in [-0.1, -0.05) is 0 Å². The van der Waals surface area contributed by atoms with E-state index in [1.165, 1.54) is 7.11 Å². The smallest absolute Gasteiger partial charge is 0.230 e. The van der Waals surface area contributed by atoms with Crippen molar-refractivity contribution in [3.8, 4) is 0 Å². The van der Waals surface area contributed by atoms with Crippen LogP contribution >= 0.6 is 0 Å². The fourth-order valence-electron chi connectivity index (χ4n) is 0.999. The van der Waals surface area contributed by atoms with E-state index in [4.69, 9.17) is 20.3 Å². The number of aliphatic hydroxyl groups is 2. The average Bonchev–Trinajstić information content (AvgIpc) is 2.15. The van der Waals surface area contributed by atoms with Crippen LogP contribution in [0.5, 0.6) is 0 Å². The van der Waals surface area contributed by atoms with E-state index >= 15 is 0 Å². The van der Waals surface area contributed by atoms with Crippen molar-refractivity contribution in [1.82, 2.24) is 0 Å². The molecule has 0 fully saturated rings. The molecule has 0 aliphatic carbocycles. The average molecular weight is 189 g/mol. The Hall–Kier alpha value is -1.11. The van der Waals surface area contributed by atoms with E-state index in [1.807, 2.05) is 0 Å². The van der Waals surface area contributed by atoms with E-state index in [9.17, 15) is 9.90 Å². The van der Waals surface area contributed by atoms with Gasteiger partial charge in [-0.15, -0.1) is 0 Å². The summed E-state index contributed by atoms with van der Waals surface area (Å²) >= 11 is 0. The lowest BCUT2D eigenvalue weighted by Gasteiger charge is -2.26. The van der Waals surface area contributed by atoms with Gasteiger partial charge in [0.2, 0.25) is 12.1 Å². The second kappa shape index (κ2) is 3.73. The van der Waals surface area contributed by atoms with Crippen molar-refractivity contribution in [2.45, 2.75) is 12.4 Å². The van der Waals surface area contributed by atoms with Crippen molar-refractivity contribution in [3.63, 3.8) is 0 Å². The number of ketones is 1. The summed E-state index contributed by atoms with van der Waals surface area (Å²) in [5.41, 5.74) is 5.15. The van der Waals surface area contributed by atoms with Gasteiger partial charge in [-0.05, 0) is 0 Å². The van der Waals surface area contributed by atoms with Crippen molar-refractivity contribution >= 4 is 5.78 Å². The lowest BCUT2D eigenvalue weighted by Crippen LogP contribution is -2.43. The highest BCUT2D eigenvalue weighted by Gasteiger charge is 2.35. The highest BCUT2D eigenvalue weighted by Crippen LogP contribution is 2.18. The van der Waals surface area contributed by atoms with E-state index < -0.39 is 30.5 Å². The Morgan fingerprint density at radius 1 is 1.69 bits per heavy atom. The van der Waals surface area contributed by atoms with E-state index in [1.54, 1.807) is 0 Å². The number of ether oxygens (including phenoxy) is 2. The summed E-state index contributed by atoms with van der Waals surface area (Å²) in [4.78, 5) is 11.1. The minimum absolute atomic E-state index is 0.169. The molecule has 1 rings (SSSR count). The Kier molecular flexibility index (Phi) is 2.86. The quantitative estimate of drug-likeness (QED) is 0.496. The van der Waals surface area contributed by atoms with Crippen LogP contribution in [0.3, 0.4) is 0 Å². The molecule has 0 aromatic rings. The molecule has 0 bridgehead atoms. The van der Waals surface area contributed by atoms with E-state index in [2.05, 4.69) is 0 Å². The van der Waals surface area contributed by atoms with Gasteiger partial charge in [0.15, 0.2) is 11.9 Å². The summed E-state index contributed by atoms with van der Waals surface area (Å²) in [5, 5.41) is 17.9. The second-order valence-corrected chi connectivity index (χ2v) is 2.54.